The van der Waals surface area contributed by atoms with Gasteiger partial charge in [0, 0.05) is 12.0 Å². The molecule has 1 fully saturated rings. The molecule has 0 spiro atoms. The molecule has 110 valence electrons. The van der Waals surface area contributed by atoms with Crippen LogP contribution in [-0.2, 0) is 9.59 Å². The van der Waals surface area contributed by atoms with Crippen molar-refractivity contribution in [1.82, 2.24) is 4.90 Å². The normalized spacial score (nSPS) is 15.9. The minimum atomic E-state index is -0.896. The second kappa shape index (κ2) is 8.18. The average molecular weight is 269 g/mol. The molecule has 0 aromatic heterocycles. The van der Waals surface area contributed by atoms with Crippen molar-refractivity contribution in [2.75, 3.05) is 6.54 Å². The van der Waals surface area contributed by atoms with Gasteiger partial charge in [-0.15, -0.1) is 0 Å². The number of aliphatic carboxylic acids is 1. The van der Waals surface area contributed by atoms with E-state index in [2.05, 4.69) is 13.8 Å². The third-order valence-corrected chi connectivity index (χ3v) is 3.98. The molecule has 1 saturated carbocycles. The molecule has 0 aliphatic heterocycles. The molecule has 19 heavy (non-hydrogen) atoms. The van der Waals surface area contributed by atoms with Crippen LogP contribution < -0.4 is 0 Å². The lowest BCUT2D eigenvalue weighted by molar-refractivity contribution is -0.148. The first-order valence-electron chi connectivity index (χ1n) is 7.62. The highest BCUT2D eigenvalue weighted by atomic mass is 16.4. The maximum Gasteiger partial charge on any atom is 0.323 e. The molecule has 1 amide bonds. The summed E-state index contributed by atoms with van der Waals surface area (Å²) in [6, 6.07) is 0.153. The van der Waals surface area contributed by atoms with E-state index in [9.17, 15) is 9.59 Å². The van der Waals surface area contributed by atoms with E-state index in [0.717, 1.165) is 51.4 Å². The summed E-state index contributed by atoms with van der Waals surface area (Å²) in [6.45, 7) is 4.02. The van der Waals surface area contributed by atoms with Gasteiger partial charge in [-0.2, -0.15) is 0 Å². The summed E-state index contributed by atoms with van der Waals surface area (Å²) < 4.78 is 0. The van der Waals surface area contributed by atoms with E-state index in [-0.39, 0.29) is 24.4 Å². The summed E-state index contributed by atoms with van der Waals surface area (Å²) >= 11 is 0. The molecule has 1 aliphatic carbocycles. The maximum atomic E-state index is 12.6. The number of rotatable bonds is 8. The van der Waals surface area contributed by atoms with Crippen LogP contribution in [0.5, 0.6) is 0 Å². The molecule has 4 nitrogen and oxygen atoms in total. The van der Waals surface area contributed by atoms with Gasteiger partial charge in [0.15, 0.2) is 0 Å². The largest absolute Gasteiger partial charge is 0.480 e. The van der Waals surface area contributed by atoms with Crippen LogP contribution in [0.15, 0.2) is 0 Å². The summed E-state index contributed by atoms with van der Waals surface area (Å²) in [6.07, 6.45) is 7.84. The van der Waals surface area contributed by atoms with Gasteiger partial charge in [-0.05, 0) is 25.7 Å². The Morgan fingerprint density at radius 1 is 1.16 bits per heavy atom. The maximum absolute atomic E-state index is 12.6. The van der Waals surface area contributed by atoms with Crippen LogP contribution in [-0.4, -0.2) is 34.5 Å². The Balaban J connectivity index is 2.75. The summed E-state index contributed by atoms with van der Waals surface area (Å²) in [7, 11) is 0. The van der Waals surface area contributed by atoms with Gasteiger partial charge in [0.1, 0.15) is 6.54 Å². The number of hydrogen-bond donors (Lipinski definition) is 1. The summed E-state index contributed by atoms with van der Waals surface area (Å²) in [5, 5.41) is 9.04. The molecule has 1 N–H and O–H groups in total. The van der Waals surface area contributed by atoms with E-state index >= 15 is 0 Å². The number of amides is 1. The molecule has 0 radical (unpaired) electrons. The van der Waals surface area contributed by atoms with Gasteiger partial charge >= 0.3 is 5.97 Å². The van der Waals surface area contributed by atoms with Crippen LogP contribution >= 0.6 is 0 Å². The van der Waals surface area contributed by atoms with Crippen molar-refractivity contribution in [2.45, 2.75) is 71.3 Å². The van der Waals surface area contributed by atoms with Crippen molar-refractivity contribution < 1.29 is 14.7 Å². The van der Waals surface area contributed by atoms with Gasteiger partial charge in [-0.3, -0.25) is 9.59 Å². The number of hydrogen-bond acceptors (Lipinski definition) is 2. The predicted molar refractivity (Wildman–Crippen MR) is 74.9 cm³/mol. The first kappa shape index (κ1) is 16.0. The fourth-order valence-electron chi connectivity index (χ4n) is 3.07. The van der Waals surface area contributed by atoms with E-state index in [1.165, 1.54) is 0 Å². The van der Waals surface area contributed by atoms with Crippen LogP contribution in [0.3, 0.4) is 0 Å². The molecule has 0 bridgehead atoms. The SMILES string of the molecule is CCCC(CCC)C(=O)N(CC(=O)O)C1CCCC1. The molecular formula is C15H27NO3. The van der Waals surface area contributed by atoms with Crippen LogP contribution in [0, 0.1) is 5.92 Å². The zero-order valence-corrected chi connectivity index (χ0v) is 12.2. The second-order valence-corrected chi connectivity index (χ2v) is 5.57. The van der Waals surface area contributed by atoms with Gasteiger partial charge in [0.05, 0.1) is 0 Å². The Hall–Kier alpha value is -1.06. The smallest absolute Gasteiger partial charge is 0.323 e. The molecule has 4 heteroatoms. The van der Waals surface area contributed by atoms with Crippen molar-refractivity contribution in [2.24, 2.45) is 5.92 Å². The van der Waals surface area contributed by atoms with E-state index in [1.54, 1.807) is 4.90 Å². The Morgan fingerprint density at radius 3 is 2.11 bits per heavy atom. The zero-order valence-electron chi connectivity index (χ0n) is 12.2. The standard InChI is InChI=1S/C15H27NO3/c1-3-7-12(8-4-2)15(19)16(11-14(17)18)13-9-5-6-10-13/h12-13H,3-11H2,1-2H3,(H,17,18). The Morgan fingerprint density at radius 2 is 1.68 bits per heavy atom. The number of carbonyl (C=O) groups is 2. The van der Waals surface area contributed by atoms with Gasteiger partial charge in [-0.25, -0.2) is 0 Å². The highest BCUT2D eigenvalue weighted by molar-refractivity contribution is 5.83. The molecule has 0 saturated heterocycles. The molecule has 0 atom stereocenters. The lowest BCUT2D eigenvalue weighted by Gasteiger charge is -2.31. The Kier molecular flexibility index (Phi) is 6.89. The second-order valence-electron chi connectivity index (χ2n) is 5.57. The van der Waals surface area contributed by atoms with Gasteiger partial charge in [-0.1, -0.05) is 39.5 Å². The zero-order chi connectivity index (χ0) is 14.3. The van der Waals surface area contributed by atoms with Gasteiger partial charge < -0.3 is 10.0 Å². The highest BCUT2D eigenvalue weighted by Gasteiger charge is 2.31. The number of carboxylic acids is 1. The quantitative estimate of drug-likeness (QED) is 0.736. The summed E-state index contributed by atoms with van der Waals surface area (Å²) in [4.78, 5) is 25.3. The third kappa shape index (κ3) is 4.84. The van der Waals surface area contributed by atoms with Gasteiger partial charge in [0.2, 0.25) is 5.91 Å². The molecule has 1 rings (SSSR count). The van der Waals surface area contributed by atoms with Crippen LogP contribution in [0.4, 0.5) is 0 Å². The number of nitrogens with zero attached hydrogens (tertiary/aromatic N) is 1. The molecular weight excluding hydrogens is 242 g/mol. The monoisotopic (exact) mass is 269 g/mol. The molecule has 0 unspecified atom stereocenters. The van der Waals surface area contributed by atoms with Crippen LogP contribution in [0.1, 0.15) is 65.2 Å². The van der Waals surface area contributed by atoms with Gasteiger partial charge in [0.25, 0.3) is 0 Å². The molecule has 1 aliphatic rings. The van der Waals surface area contributed by atoms with Crippen molar-refractivity contribution in [3.63, 3.8) is 0 Å². The first-order chi connectivity index (χ1) is 9.10. The highest BCUT2D eigenvalue weighted by Crippen LogP contribution is 2.26. The first-order valence-corrected chi connectivity index (χ1v) is 7.62. The van der Waals surface area contributed by atoms with Crippen molar-refractivity contribution >= 4 is 11.9 Å². The van der Waals surface area contributed by atoms with Crippen molar-refractivity contribution in [3.05, 3.63) is 0 Å². The van der Waals surface area contributed by atoms with Crippen LogP contribution in [0.25, 0.3) is 0 Å². The Bertz CT molecular complexity index is 292. The van der Waals surface area contributed by atoms with E-state index in [0.29, 0.717) is 0 Å². The number of carbonyl (C=O) groups excluding carboxylic acids is 1. The lowest BCUT2D eigenvalue weighted by atomic mass is 9.95. The fourth-order valence-corrected chi connectivity index (χ4v) is 3.07. The minimum Gasteiger partial charge on any atom is -0.480 e. The van der Waals surface area contributed by atoms with Crippen molar-refractivity contribution in [1.29, 1.82) is 0 Å². The van der Waals surface area contributed by atoms with Crippen molar-refractivity contribution in [3.8, 4) is 0 Å². The molecule has 0 aromatic carbocycles. The third-order valence-electron chi connectivity index (χ3n) is 3.98. The predicted octanol–water partition coefficient (Wildman–Crippen LogP) is 3.06. The lowest BCUT2D eigenvalue weighted by Crippen LogP contribution is -2.45. The average Bonchev–Trinajstić information content (AvgIpc) is 2.88. The fraction of sp³-hybridized carbons (Fsp3) is 0.867. The van der Waals surface area contributed by atoms with E-state index in [4.69, 9.17) is 5.11 Å². The summed E-state index contributed by atoms with van der Waals surface area (Å²) in [5.74, 6) is -0.819. The number of carboxylic acid groups (broad SMARTS) is 1. The Labute approximate surface area is 116 Å². The van der Waals surface area contributed by atoms with E-state index < -0.39 is 5.97 Å². The molecule has 0 heterocycles. The minimum absolute atomic E-state index is 0.00921. The molecule has 0 aromatic rings. The van der Waals surface area contributed by atoms with Crippen LogP contribution in [0.2, 0.25) is 0 Å². The van der Waals surface area contributed by atoms with E-state index in [1.807, 2.05) is 0 Å². The topological polar surface area (TPSA) is 57.6 Å². The summed E-state index contributed by atoms with van der Waals surface area (Å²) in [5.41, 5.74) is 0.